The van der Waals surface area contributed by atoms with Crippen LogP contribution in [0.1, 0.15) is 12.1 Å². The molecule has 0 atom stereocenters. The van der Waals surface area contributed by atoms with Crippen molar-refractivity contribution in [2.24, 2.45) is 0 Å². The summed E-state index contributed by atoms with van der Waals surface area (Å²) < 4.78 is 1.61. The lowest BCUT2D eigenvalue weighted by Crippen LogP contribution is -2.20. The number of carbonyl (C=O) groups is 1. The van der Waals surface area contributed by atoms with E-state index in [2.05, 4.69) is 15.3 Å². The number of aryl methyl sites for hydroxylation is 1. The fourth-order valence-electron chi connectivity index (χ4n) is 2.17. The van der Waals surface area contributed by atoms with Crippen LogP contribution in [0.15, 0.2) is 63.0 Å². The highest BCUT2D eigenvalue weighted by Gasteiger charge is 2.08. The van der Waals surface area contributed by atoms with E-state index in [4.69, 9.17) is 0 Å². The maximum atomic E-state index is 12.1. The number of hydrogen-bond donors (Lipinski definition) is 1. The predicted octanol–water partition coefficient (Wildman–Crippen LogP) is 3.19. The van der Waals surface area contributed by atoms with Gasteiger partial charge in [-0.05, 0) is 31.2 Å². The number of carbonyl (C=O) groups excluding carboxylic acids is 1. The van der Waals surface area contributed by atoms with Crippen molar-refractivity contribution < 1.29 is 4.79 Å². The summed E-state index contributed by atoms with van der Waals surface area (Å²) in [6.45, 7) is 2.24. The molecule has 25 heavy (non-hydrogen) atoms. The van der Waals surface area contributed by atoms with E-state index in [1.807, 2.05) is 25.1 Å². The minimum atomic E-state index is -0.141. The molecule has 0 aliphatic carbocycles. The normalized spacial score (nSPS) is 10.6. The van der Waals surface area contributed by atoms with E-state index in [0.29, 0.717) is 12.2 Å². The molecule has 0 bridgehead atoms. The number of thiazole rings is 1. The highest BCUT2D eigenvalue weighted by Crippen LogP contribution is 2.25. The van der Waals surface area contributed by atoms with Crippen LogP contribution in [-0.2, 0) is 11.3 Å². The van der Waals surface area contributed by atoms with Crippen LogP contribution < -0.4 is 10.2 Å². The van der Waals surface area contributed by atoms with Gasteiger partial charge in [-0.1, -0.05) is 29.2 Å². The molecule has 0 fully saturated rings. The molecule has 1 amide bonds. The molecule has 0 unspecified atom stereocenters. The summed E-state index contributed by atoms with van der Waals surface area (Å²) in [5, 5.41) is 6.23. The quantitative estimate of drug-likeness (QED) is 0.719. The smallest absolute Gasteiger partial charge is 0.307 e. The molecule has 0 aliphatic rings. The minimum absolute atomic E-state index is 0.0386. The number of rotatable bonds is 6. The number of hydrogen-bond acceptors (Lipinski definition) is 6. The number of nitrogens with zero attached hydrogens (tertiary/aromatic N) is 3. The molecule has 0 radical (unpaired) electrons. The zero-order valence-corrected chi connectivity index (χ0v) is 15.1. The lowest BCUT2D eigenvalue weighted by molar-refractivity contribution is -0.116. The summed E-state index contributed by atoms with van der Waals surface area (Å²) >= 11 is 2.57. The maximum Gasteiger partial charge on any atom is 0.307 e. The predicted molar refractivity (Wildman–Crippen MR) is 99.2 cm³/mol. The van der Waals surface area contributed by atoms with Crippen molar-refractivity contribution in [1.29, 1.82) is 0 Å². The Morgan fingerprint density at radius 3 is 2.80 bits per heavy atom. The first-order valence-corrected chi connectivity index (χ1v) is 9.31. The molecule has 0 aliphatic heterocycles. The Labute approximate surface area is 153 Å². The van der Waals surface area contributed by atoms with Crippen molar-refractivity contribution in [2.75, 3.05) is 5.32 Å². The van der Waals surface area contributed by atoms with Crippen molar-refractivity contribution in [1.82, 2.24) is 14.5 Å². The highest BCUT2D eigenvalue weighted by molar-refractivity contribution is 7.99. The van der Waals surface area contributed by atoms with Crippen molar-refractivity contribution in [3.63, 3.8) is 0 Å². The molecular weight excluding hydrogens is 356 g/mol. The lowest BCUT2D eigenvalue weighted by atomic mass is 10.3. The first-order valence-electron chi connectivity index (χ1n) is 7.61. The van der Waals surface area contributed by atoms with Gasteiger partial charge in [0.2, 0.25) is 5.91 Å². The first-order chi connectivity index (χ1) is 12.1. The van der Waals surface area contributed by atoms with Crippen LogP contribution >= 0.6 is 23.1 Å². The average molecular weight is 372 g/mol. The molecule has 3 aromatic heterocycles. The van der Waals surface area contributed by atoms with Gasteiger partial charge in [0.05, 0.1) is 0 Å². The molecule has 3 heterocycles. The van der Waals surface area contributed by atoms with Crippen LogP contribution in [-0.4, -0.2) is 20.4 Å². The Balaban J connectivity index is 1.60. The van der Waals surface area contributed by atoms with Gasteiger partial charge in [0.1, 0.15) is 10.1 Å². The van der Waals surface area contributed by atoms with Crippen molar-refractivity contribution >= 4 is 34.7 Å². The van der Waals surface area contributed by atoms with Crippen LogP contribution in [0.4, 0.5) is 5.69 Å². The van der Waals surface area contributed by atoms with E-state index < -0.39 is 0 Å². The third-order valence-corrected chi connectivity index (χ3v) is 5.17. The zero-order chi connectivity index (χ0) is 17.6. The molecule has 0 saturated carbocycles. The molecule has 0 saturated heterocycles. The third kappa shape index (κ3) is 4.77. The zero-order valence-electron chi connectivity index (χ0n) is 13.5. The molecular formula is C17H16N4O2S2. The van der Waals surface area contributed by atoms with Gasteiger partial charge in [-0.15, -0.1) is 0 Å². The monoisotopic (exact) mass is 372 g/mol. The Morgan fingerprint density at radius 1 is 1.24 bits per heavy atom. The third-order valence-electron chi connectivity index (χ3n) is 3.40. The first kappa shape index (κ1) is 17.4. The van der Waals surface area contributed by atoms with E-state index in [-0.39, 0.29) is 17.2 Å². The molecule has 6 nitrogen and oxygen atoms in total. The molecule has 1 N–H and O–H groups in total. The Bertz CT molecular complexity index is 922. The largest absolute Gasteiger partial charge is 0.326 e. The van der Waals surface area contributed by atoms with Crippen LogP contribution in [0.5, 0.6) is 0 Å². The van der Waals surface area contributed by atoms with Gasteiger partial charge in [0.25, 0.3) is 0 Å². The molecule has 0 aromatic carbocycles. The summed E-state index contributed by atoms with van der Waals surface area (Å²) in [5.74, 6) is -0.141. The number of amides is 1. The van der Waals surface area contributed by atoms with Crippen molar-refractivity contribution in [3.8, 4) is 0 Å². The van der Waals surface area contributed by atoms with Crippen LogP contribution in [0.25, 0.3) is 0 Å². The highest BCUT2D eigenvalue weighted by atomic mass is 32.2. The fourth-order valence-corrected chi connectivity index (χ4v) is 3.70. The number of pyridine rings is 2. The summed E-state index contributed by atoms with van der Waals surface area (Å²) in [4.78, 5) is 32.3. The van der Waals surface area contributed by atoms with Gasteiger partial charge in [-0.25, -0.2) is 9.97 Å². The molecule has 0 spiro atoms. The van der Waals surface area contributed by atoms with Gasteiger partial charge < -0.3 is 9.88 Å². The van der Waals surface area contributed by atoms with Crippen molar-refractivity contribution in [2.45, 2.75) is 29.9 Å². The molecule has 3 rings (SSSR count). The SMILES string of the molecule is Cc1csc(=O)n1CCC(=O)Nc1ccnc(Sc2ccccn2)c1. The maximum absolute atomic E-state index is 12.1. The Hall–Kier alpha value is -2.45. The second kappa shape index (κ2) is 8.09. The molecule has 128 valence electrons. The molecule has 3 aromatic rings. The van der Waals surface area contributed by atoms with Crippen LogP contribution in [0.2, 0.25) is 0 Å². The van der Waals surface area contributed by atoms with E-state index in [0.717, 1.165) is 27.1 Å². The molecule has 8 heteroatoms. The number of aromatic nitrogens is 3. The Kier molecular flexibility index (Phi) is 5.62. The number of nitrogens with one attached hydrogen (secondary N) is 1. The van der Waals surface area contributed by atoms with Gasteiger partial charge in [0.15, 0.2) is 0 Å². The van der Waals surface area contributed by atoms with Gasteiger partial charge in [-0.2, -0.15) is 0 Å². The fraction of sp³-hybridized carbons (Fsp3) is 0.176. The van der Waals surface area contributed by atoms with Crippen LogP contribution in [0.3, 0.4) is 0 Å². The average Bonchev–Trinajstić information content (AvgIpc) is 2.92. The summed E-state index contributed by atoms with van der Waals surface area (Å²) in [5.41, 5.74) is 1.55. The second-order valence-corrected chi connectivity index (χ2v) is 7.11. The summed E-state index contributed by atoms with van der Waals surface area (Å²) in [6, 6.07) is 9.21. The van der Waals surface area contributed by atoms with Gasteiger partial charge >= 0.3 is 4.87 Å². The second-order valence-electron chi connectivity index (χ2n) is 5.25. The van der Waals surface area contributed by atoms with Crippen LogP contribution in [0, 0.1) is 6.92 Å². The lowest BCUT2D eigenvalue weighted by Gasteiger charge is -2.08. The number of anilines is 1. The standard InChI is InChI=1S/C17H16N4O2S2/c1-12-11-24-17(23)21(12)9-6-14(22)20-13-5-8-19-16(10-13)25-15-4-2-3-7-18-15/h2-5,7-8,10-11H,6,9H2,1H3,(H,19,20,22). The van der Waals surface area contributed by atoms with E-state index in [1.54, 1.807) is 34.5 Å². The van der Waals surface area contributed by atoms with Gasteiger partial charge in [0, 0.05) is 42.1 Å². The van der Waals surface area contributed by atoms with E-state index in [1.165, 1.54) is 11.8 Å². The minimum Gasteiger partial charge on any atom is -0.326 e. The van der Waals surface area contributed by atoms with E-state index in [9.17, 15) is 9.59 Å². The Morgan fingerprint density at radius 2 is 2.08 bits per heavy atom. The van der Waals surface area contributed by atoms with Gasteiger partial charge in [-0.3, -0.25) is 9.59 Å². The van der Waals surface area contributed by atoms with E-state index >= 15 is 0 Å². The topological polar surface area (TPSA) is 76.9 Å². The summed E-state index contributed by atoms with van der Waals surface area (Å²) in [7, 11) is 0. The summed E-state index contributed by atoms with van der Waals surface area (Å²) in [6.07, 6.45) is 3.61. The van der Waals surface area contributed by atoms with Crippen molar-refractivity contribution in [3.05, 3.63) is 63.5 Å².